The van der Waals surface area contributed by atoms with Crippen molar-refractivity contribution in [3.05, 3.63) is 41.2 Å². The van der Waals surface area contributed by atoms with Crippen molar-refractivity contribution >= 4 is 11.6 Å². The van der Waals surface area contributed by atoms with Crippen molar-refractivity contribution in [3.63, 3.8) is 0 Å². The van der Waals surface area contributed by atoms with Crippen LogP contribution in [0.4, 0.5) is 0 Å². The van der Waals surface area contributed by atoms with Crippen LogP contribution in [0.3, 0.4) is 0 Å². The minimum atomic E-state index is 0.0346. The number of rotatable bonds is 4. The van der Waals surface area contributed by atoms with Gasteiger partial charge in [-0.05, 0) is 39.0 Å². The number of nitrogens with one attached hydrogen (secondary N) is 1. The van der Waals surface area contributed by atoms with Gasteiger partial charge >= 0.3 is 6.08 Å². The van der Waals surface area contributed by atoms with Crippen LogP contribution in [0, 0.1) is 0 Å². The average molecular weight is 281 g/mol. The first-order valence-corrected chi connectivity index (χ1v) is 6.43. The lowest BCUT2D eigenvalue weighted by Crippen LogP contribution is -2.35. The van der Waals surface area contributed by atoms with Crippen LogP contribution < -0.4 is 10.1 Å². The van der Waals surface area contributed by atoms with Crippen LogP contribution in [0.2, 0.25) is 5.02 Å². The Hall–Kier alpha value is -1.52. The summed E-state index contributed by atoms with van der Waals surface area (Å²) in [6.07, 6.45) is 1.80. The molecule has 1 N–H and O–H groups in total. The van der Waals surface area contributed by atoms with Crippen molar-refractivity contribution in [2.24, 2.45) is 0 Å². The molecule has 0 bridgehead atoms. The van der Waals surface area contributed by atoms with E-state index in [9.17, 15) is 0 Å². The maximum Gasteiger partial charge on any atom is 0.399 e. The van der Waals surface area contributed by atoms with E-state index >= 15 is 0 Å². The molecule has 1 aromatic heterocycles. The second-order valence-corrected chi connectivity index (χ2v) is 5.70. The molecule has 0 aliphatic carbocycles. The molecule has 0 spiro atoms. The Morgan fingerprint density at radius 1 is 1.37 bits per heavy atom. The van der Waals surface area contributed by atoms with Gasteiger partial charge in [-0.3, -0.25) is 0 Å². The van der Waals surface area contributed by atoms with Gasteiger partial charge in [-0.2, -0.15) is 4.98 Å². The second kappa shape index (κ2) is 5.63. The summed E-state index contributed by atoms with van der Waals surface area (Å²) in [4.78, 5) is 4.24. The zero-order valence-corrected chi connectivity index (χ0v) is 12.0. The third-order valence-electron chi connectivity index (χ3n) is 2.33. The molecule has 5 heteroatoms. The number of hydrogen-bond acceptors (Lipinski definition) is 4. The van der Waals surface area contributed by atoms with Gasteiger partial charge in [0.05, 0.1) is 5.69 Å². The Balaban J connectivity index is 1.97. The van der Waals surface area contributed by atoms with Crippen LogP contribution in [0.15, 0.2) is 34.9 Å². The molecular weight excluding hydrogens is 264 g/mol. The van der Waals surface area contributed by atoms with Crippen LogP contribution in [-0.4, -0.2) is 10.5 Å². The van der Waals surface area contributed by atoms with E-state index in [0.29, 0.717) is 17.3 Å². The second-order valence-electron chi connectivity index (χ2n) is 5.27. The van der Waals surface area contributed by atoms with Gasteiger partial charge in [0.25, 0.3) is 0 Å². The number of halogens is 1. The highest BCUT2D eigenvalue weighted by Gasteiger charge is 2.11. The summed E-state index contributed by atoms with van der Waals surface area (Å²) in [7, 11) is 0. The number of hydrogen-bond donors (Lipinski definition) is 1. The highest BCUT2D eigenvalue weighted by atomic mass is 35.5. The fraction of sp³-hybridized carbons (Fsp3) is 0.357. The van der Waals surface area contributed by atoms with E-state index < -0.39 is 0 Å². The smallest absolute Gasteiger partial charge is 0.399 e. The van der Waals surface area contributed by atoms with Crippen molar-refractivity contribution in [2.75, 3.05) is 0 Å². The van der Waals surface area contributed by atoms with Crippen molar-refractivity contribution in [1.29, 1.82) is 0 Å². The number of benzene rings is 1. The largest absolute Gasteiger partial charge is 0.417 e. The van der Waals surface area contributed by atoms with Crippen LogP contribution in [0.5, 0.6) is 11.8 Å². The fourth-order valence-corrected chi connectivity index (χ4v) is 1.58. The first kappa shape index (κ1) is 13.9. The van der Waals surface area contributed by atoms with Gasteiger partial charge in [-0.1, -0.05) is 17.7 Å². The van der Waals surface area contributed by atoms with Gasteiger partial charge in [-0.15, -0.1) is 0 Å². The topological polar surface area (TPSA) is 47.3 Å². The molecule has 0 unspecified atom stereocenters. The molecule has 0 radical (unpaired) electrons. The highest BCUT2D eigenvalue weighted by molar-refractivity contribution is 6.30. The van der Waals surface area contributed by atoms with Crippen LogP contribution in [-0.2, 0) is 6.54 Å². The zero-order chi connectivity index (χ0) is 13.9. The van der Waals surface area contributed by atoms with Gasteiger partial charge in [-0.25, -0.2) is 0 Å². The Bertz CT molecular complexity index is 546. The molecule has 1 aromatic carbocycles. The predicted octanol–water partition coefficient (Wildman–Crippen LogP) is 4.01. The molecule has 0 atom stereocenters. The summed E-state index contributed by atoms with van der Waals surface area (Å²) in [6, 6.07) is 7.09. The Labute approximate surface area is 117 Å². The monoisotopic (exact) mass is 280 g/mol. The summed E-state index contributed by atoms with van der Waals surface area (Å²) in [5, 5.41) is 3.94. The molecule has 2 rings (SSSR count). The van der Waals surface area contributed by atoms with Crippen LogP contribution >= 0.6 is 11.6 Å². The molecule has 19 heavy (non-hydrogen) atoms. The van der Waals surface area contributed by atoms with Crippen LogP contribution in [0.25, 0.3) is 0 Å². The lowest BCUT2D eigenvalue weighted by molar-refractivity contribution is 0.331. The van der Waals surface area contributed by atoms with Gasteiger partial charge in [0.1, 0.15) is 12.0 Å². The number of ether oxygens (including phenoxy) is 1. The first-order valence-electron chi connectivity index (χ1n) is 6.05. The molecule has 4 nitrogen and oxygen atoms in total. The highest BCUT2D eigenvalue weighted by Crippen LogP contribution is 2.23. The number of aromatic nitrogens is 1. The lowest BCUT2D eigenvalue weighted by atomic mass is 10.1. The van der Waals surface area contributed by atoms with Gasteiger partial charge in [0.2, 0.25) is 0 Å². The van der Waals surface area contributed by atoms with E-state index in [-0.39, 0.29) is 11.6 Å². The van der Waals surface area contributed by atoms with E-state index in [1.165, 1.54) is 0 Å². The lowest BCUT2D eigenvalue weighted by Gasteiger charge is -2.19. The number of nitrogens with zero attached hydrogens (tertiary/aromatic N) is 1. The SMILES string of the molecule is CC(C)(C)NCc1coc(Oc2cccc(Cl)c2)n1. The Kier molecular flexibility index (Phi) is 4.12. The molecule has 2 aromatic rings. The van der Waals surface area contributed by atoms with E-state index in [2.05, 4.69) is 31.1 Å². The zero-order valence-electron chi connectivity index (χ0n) is 11.2. The molecule has 102 valence electrons. The Morgan fingerprint density at radius 2 is 2.16 bits per heavy atom. The maximum atomic E-state index is 5.88. The quantitative estimate of drug-likeness (QED) is 0.919. The third-order valence-corrected chi connectivity index (χ3v) is 2.57. The molecule has 0 aliphatic heterocycles. The summed E-state index contributed by atoms with van der Waals surface area (Å²) >= 11 is 5.88. The molecule has 0 saturated heterocycles. The minimum absolute atomic E-state index is 0.0346. The van der Waals surface area contributed by atoms with Gasteiger partial charge in [0, 0.05) is 17.1 Å². The number of oxazole rings is 1. The first-order chi connectivity index (χ1) is 8.92. The normalized spacial score (nSPS) is 11.6. The molecule has 0 saturated carbocycles. The Morgan fingerprint density at radius 3 is 2.84 bits per heavy atom. The maximum absolute atomic E-state index is 5.88. The van der Waals surface area contributed by atoms with Gasteiger partial charge < -0.3 is 14.5 Å². The fourth-order valence-electron chi connectivity index (χ4n) is 1.40. The van der Waals surface area contributed by atoms with E-state index in [4.69, 9.17) is 20.8 Å². The minimum Gasteiger partial charge on any atom is -0.417 e. The summed E-state index contributed by atoms with van der Waals surface area (Å²) in [6.45, 7) is 6.91. The predicted molar refractivity (Wildman–Crippen MR) is 74.6 cm³/mol. The van der Waals surface area contributed by atoms with Gasteiger partial charge in [0.15, 0.2) is 0 Å². The van der Waals surface area contributed by atoms with E-state index in [1.807, 2.05) is 6.07 Å². The molecule has 1 heterocycles. The third kappa shape index (κ3) is 4.58. The molecule has 0 aliphatic rings. The summed E-state index contributed by atoms with van der Waals surface area (Å²) in [5.74, 6) is 0.602. The molecule has 0 fully saturated rings. The molecular formula is C14H17ClN2O2. The van der Waals surface area contributed by atoms with E-state index in [0.717, 1.165) is 5.69 Å². The van der Waals surface area contributed by atoms with Crippen molar-refractivity contribution in [3.8, 4) is 11.8 Å². The van der Waals surface area contributed by atoms with Crippen molar-refractivity contribution in [1.82, 2.24) is 10.3 Å². The standard InChI is InChI=1S/C14H17ClN2O2/c1-14(2,3)16-8-11-9-18-13(17-11)19-12-6-4-5-10(15)7-12/h4-7,9,16H,8H2,1-3H3. The summed E-state index contributed by atoms with van der Waals surface area (Å²) < 4.78 is 10.7. The summed E-state index contributed by atoms with van der Waals surface area (Å²) in [5.41, 5.74) is 0.833. The van der Waals surface area contributed by atoms with Crippen molar-refractivity contribution in [2.45, 2.75) is 32.9 Å². The van der Waals surface area contributed by atoms with Crippen LogP contribution in [0.1, 0.15) is 26.5 Å². The average Bonchev–Trinajstić information content (AvgIpc) is 2.73. The molecule has 0 amide bonds. The van der Waals surface area contributed by atoms with Crippen molar-refractivity contribution < 1.29 is 9.15 Å². The van der Waals surface area contributed by atoms with E-state index in [1.54, 1.807) is 24.5 Å².